The van der Waals surface area contributed by atoms with Crippen LogP contribution in [0.3, 0.4) is 0 Å². The van der Waals surface area contributed by atoms with Gasteiger partial charge in [0, 0.05) is 29.2 Å². The van der Waals surface area contributed by atoms with Gasteiger partial charge in [0.1, 0.15) is 5.69 Å². The number of aromatic nitrogens is 3. The largest absolute Gasteiger partial charge is 0.357 e. The lowest BCUT2D eigenvalue weighted by Crippen LogP contribution is -2.25. The van der Waals surface area contributed by atoms with E-state index in [9.17, 15) is 19.7 Å². The fraction of sp³-hybridized carbons (Fsp3) is 0.0400. The van der Waals surface area contributed by atoms with Gasteiger partial charge in [0.15, 0.2) is 0 Å². The van der Waals surface area contributed by atoms with Crippen molar-refractivity contribution in [3.05, 3.63) is 121 Å². The normalized spacial score (nSPS) is 11.5. The van der Waals surface area contributed by atoms with Gasteiger partial charge in [-0.25, -0.2) is 4.79 Å². The van der Waals surface area contributed by atoms with Gasteiger partial charge in [0.05, 0.1) is 4.92 Å². The molecule has 0 aliphatic heterocycles. The molecule has 0 amide bonds. The van der Waals surface area contributed by atoms with Gasteiger partial charge in [0.2, 0.25) is 0 Å². The summed E-state index contributed by atoms with van der Waals surface area (Å²) in [5, 5.41) is 14.6. The number of nitro groups is 1. The second-order valence-corrected chi connectivity index (χ2v) is 7.63. The van der Waals surface area contributed by atoms with Gasteiger partial charge in [-0.05, 0) is 28.5 Å². The molecule has 0 aliphatic rings. The molecule has 0 radical (unpaired) electrons. The molecule has 2 N–H and O–H groups in total. The van der Waals surface area contributed by atoms with Gasteiger partial charge in [-0.1, -0.05) is 66.7 Å². The molecule has 5 rings (SSSR count). The number of hydrogen-bond acceptors (Lipinski definition) is 4. The van der Waals surface area contributed by atoms with E-state index in [1.165, 1.54) is 17.0 Å². The first kappa shape index (κ1) is 20.2. The van der Waals surface area contributed by atoms with Gasteiger partial charge < -0.3 is 9.55 Å². The number of nitrogens with one attached hydrogen (secondary N) is 2. The predicted molar refractivity (Wildman–Crippen MR) is 128 cm³/mol. The molecular weight excluding hydrogens is 420 g/mol. The highest BCUT2D eigenvalue weighted by molar-refractivity contribution is 5.92. The lowest BCUT2D eigenvalue weighted by atomic mass is 10.0. The summed E-state index contributed by atoms with van der Waals surface area (Å²) in [5.41, 5.74) is 0.273. The molecule has 0 unspecified atom stereocenters. The van der Waals surface area contributed by atoms with Gasteiger partial charge >= 0.3 is 16.9 Å². The van der Waals surface area contributed by atoms with E-state index in [1.54, 1.807) is 6.08 Å². The molecule has 2 aromatic heterocycles. The first-order valence-electron chi connectivity index (χ1n) is 10.2. The minimum Gasteiger partial charge on any atom is -0.342 e. The van der Waals surface area contributed by atoms with Crippen LogP contribution in [0.1, 0.15) is 16.8 Å². The SMILES string of the molecule is O=c1[nH]c(C=Cc2cn(Cc3cccc4ccccc34)c3ccccc23)c([N+](=O)[O-])c(=O)[nH]1. The third-order valence-electron chi connectivity index (χ3n) is 5.60. The molecule has 3 aromatic carbocycles. The van der Waals surface area contributed by atoms with Crippen molar-refractivity contribution < 1.29 is 4.92 Å². The zero-order valence-corrected chi connectivity index (χ0v) is 17.3. The van der Waals surface area contributed by atoms with Crippen LogP contribution in [0.4, 0.5) is 5.69 Å². The van der Waals surface area contributed by atoms with Crippen molar-refractivity contribution in [1.82, 2.24) is 14.5 Å². The van der Waals surface area contributed by atoms with E-state index in [1.807, 2.05) is 53.6 Å². The van der Waals surface area contributed by atoms with E-state index in [-0.39, 0.29) is 5.69 Å². The number of fused-ring (bicyclic) bond motifs is 2. The topological polar surface area (TPSA) is 114 Å². The Balaban J connectivity index is 1.60. The number of aromatic amines is 2. The van der Waals surface area contributed by atoms with Crippen molar-refractivity contribution in [2.45, 2.75) is 6.54 Å². The highest BCUT2D eigenvalue weighted by Gasteiger charge is 2.19. The van der Waals surface area contributed by atoms with Crippen molar-refractivity contribution in [2.75, 3.05) is 0 Å². The van der Waals surface area contributed by atoms with Crippen LogP contribution in [0.15, 0.2) is 82.5 Å². The molecule has 0 saturated heterocycles. The van der Waals surface area contributed by atoms with Gasteiger partial charge in [-0.3, -0.25) is 19.9 Å². The highest BCUT2D eigenvalue weighted by Crippen LogP contribution is 2.26. The summed E-state index contributed by atoms with van der Waals surface area (Å²) in [6.45, 7) is 0.637. The lowest BCUT2D eigenvalue weighted by Gasteiger charge is -2.09. The monoisotopic (exact) mass is 438 g/mol. The van der Waals surface area contributed by atoms with E-state index >= 15 is 0 Å². The molecular formula is C25H18N4O4. The third kappa shape index (κ3) is 3.74. The van der Waals surface area contributed by atoms with Gasteiger partial charge in [-0.2, -0.15) is 0 Å². The maximum Gasteiger partial charge on any atom is 0.357 e. The smallest absolute Gasteiger partial charge is 0.342 e. The Bertz CT molecular complexity index is 1670. The molecule has 2 heterocycles. The predicted octanol–water partition coefficient (Wildman–Crippen LogP) is 4.30. The van der Waals surface area contributed by atoms with E-state index in [4.69, 9.17) is 0 Å². The van der Waals surface area contributed by atoms with E-state index in [2.05, 4.69) is 33.8 Å². The maximum atomic E-state index is 11.9. The molecule has 0 atom stereocenters. The summed E-state index contributed by atoms with van der Waals surface area (Å²) in [6, 6.07) is 22.3. The highest BCUT2D eigenvalue weighted by atomic mass is 16.6. The van der Waals surface area contributed by atoms with E-state index in [0.717, 1.165) is 21.9 Å². The van der Waals surface area contributed by atoms with Crippen LogP contribution in [-0.4, -0.2) is 19.5 Å². The summed E-state index contributed by atoms with van der Waals surface area (Å²) in [4.78, 5) is 38.3. The lowest BCUT2D eigenvalue weighted by molar-refractivity contribution is -0.386. The maximum absolute atomic E-state index is 11.9. The first-order valence-corrected chi connectivity index (χ1v) is 10.2. The van der Waals surface area contributed by atoms with Crippen LogP contribution in [0.2, 0.25) is 0 Å². The van der Waals surface area contributed by atoms with Crippen LogP contribution in [0.25, 0.3) is 33.8 Å². The van der Waals surface area contributed by atoms with Crippen LogP contribution in [0, 0.1) is 10.1 Å². The minimum atomic E-state index is -1.04. The number of hydrogen-bond donors (Lipinski definition) is 2. The Morgan fingerprint density at radius 2 is 1.61 bits per heavy atom. The second-order valence-electron chi connectivity index (χ2n) is 7.63. The summed E-state index contributed by atoms with van der Waals surface area (Å²) in [6.07, 6.45) is 5.01. The quantitative estimate of drug-likeness (QED) is 0.315. The molecule has 0 fully saturated rings. The second kappa shape index (κ2) is 8.08. The summed E-state index contributed by atoms with van der Waals surface area (Å²) < 4.78 is 2.12. The zero-order valence-electron chi connectivity index (χ0n) is 17.3. The number of rotatable bonds is 5. The standard InChI is InChI=1S/C25H18N4O4/c30-24-23(29(32)33)21(26-25(31)27-24)13-12-18-15-28(22-11-4-3-10-20(18)22)14-17-8-5-7-16-6-1-2-9-19(16)17/h1-13,15H,14H2,(H2,26,27,30,31). The molecule has 8 nitrogen and oxygen atoms in total. The molecule has 162 valence electrons. The average Bonchev–Trinajstić information content (AvgIpc) is 3.15. The number of H-pyrrole nitrogens is 2. The van der Waals surface area contributed by atoms with Crippen LogP contribution in [0.5, 0.6) is 0 Å². The van der Waals surface area contributed by atoms with Gasteiger partial charge in [0.25, 0.3) is 0 Å². The van der Waals surface area contributed by atoms with Crippen molar-refractivity contribution in [1.29, 1.82) is 0 Å². The van der Waals surface area contributed by atoms with E-state index < -0.39 is 21.9 Å². The van der Waals surface area contributed by atoms with Gasteiger partial charge in [-0.15, -0.1) is 0 Å². The molecule has 0 spiro atoms. The molecule has 5 aromatic rings. The fourth-order valence-corrected chi connectivity index (χ4v) is 4.13. The van der Waals surface area contributed by atoms with Crippen molar-refractivity contribution in [2.24, 2.45) is 0 Å². The molecule has 0 aliphatic carbocycles. The zero-order chi connectivity index (χ0) is 22.9. The average molecular weight is 438 g/mol. The molecule has 0 bridgehead atoms. The van der Waals surface area contributed by atoms with Crippen LogP contribution >= 0.6 is 0 Å². The molecule has 33 heavy (non-hydrogen) atoms. The Morgan fingerprint density at radius 1 is 0.879 bits per heavy atom. The van der Waals surface area contributed by atoms with Crippen LogP contribution in [-0.2, 0) is 6.54 Å². The van der Waals surface area contributed by atoms with Crippen molar-refractivity contribution in [3.63, 3.8) is 0 Å². The third-order valence-corrected chi connectivity index (χ3v) is 5.60. The van der Waals surface area contributed by atoms with Crippen molar-refractivity contribution >= 4 is 39.5 Å². The van der Waals surface area contributed by atoms with E-state index in [0.29, 0.717) is 6.54 Å². The minimum absolute atomic E-state index is 0.153. The van der Waals surface area contributed by atoms with Crippen LogP contribution < -0.4 is 11.2 Å². The number of benzene rings is 3. The number of nitrogens with zero attached hydrogens (tertiary/aromatic N) is 2. The Labute approximate surface area is 186 Å². The Kier molecular flexibility index (Phi) is 4.95. The number of para-hydroxylation sites is 1. The fourth-order valence-electron chi connectivity index (χ4n) is 4.13. The van der Waals surface area contributed by atoms with Crippen molar-refractivity contribution in [3.8, 4) is 0 Å². The Hall–Kier alpha value is -4.72. The molecule has 0 saturated carbocycles. The summed E-state index contributed by atoms with van der Waals surface area (Å²) >= 11 is 0. The first-order chi connectivity index (χ1) is 16.0. The Morgan fingerprint density at radius 3 is 2.42 bits per heavy atom. The summed E-state index contributed by atoms with van der Waals surface area (Å²) in [5.74, 6) is 0. The summed E-state index contributed by atoms with van der Waals surface area (Å²) in [7, 11) is 0. The molecule has 8 heteroatoms.